The molecule has 1 unspecified atom stereocenters. The topological polar surface area (TPSA) is 39.7 Å². The van der Waals surface area contributed by atoms with E-state index in [0.29, 0.717) is 12.7 Å². The predicted molar refractivity (Wildman–Crippen MR) is 74.8 cm³/mol. The van der Waals surface area contributed by atoms with Gasteiger partial charge in [-0.2, -0.15) is 0 Å². The zero-order valence-corrected chi connectivity index (χ0v) is 11.8. The molecule has 19 heavy (non-hydrogen) atoms. The van der Waals surface area contributed by atoms with Gasteiger partial charge in [0.1, 0.15) is 0 Å². The summed E-state index contributed by atoms with van der Waals surface area (Å²) >= 11 is 0. The Hall–Kier alpha value is -1.26. The Morgan fingerprint density at radius 2 is 2.26 bits per heavy atom. The van der Waals surface area contributed by atoms with Gasteiger partial charge in [-0.1, -0.05) is 6.07 Å². The van der Waals surface area contributed by atoms with Crippen LogP contribution in [-0.2, 0) is 11.3 Å². The molecule has 0 radical (unpaired) electrons. The minimum absolute atomic E-state index is 0.367. The Bertz CT molecular complexity index is 389. The lowest BCUT2D eigenvalue weighted by molar-refractivity contribution is 0.0899. The van der Waals surface area contributed by atoms with E-state index in [4.69, 9.17) is 14.2 Å². The lowest BCUT2D eigenvalue weighted by atomic mass is 10.2. The molecule has 0 amide bonds. The molecule has 0 aromatic heterocycles. The summed E-state index contributed by atoms with van der Waals surface area (Å²) < 4.78 is 16.8. The maximum Gasteiger partial charge on any atom is 0.161 e. The van der Waals surface area contributed by atoms with E-state index in [1.54, 1.807) is 7.11 Å². The molecule has 4 heteroatoms. The molecule has 0 saturated carbocycles. The van der Waals surface area contributed by atoms with Gasteiger partial charge in [-0.15, -0.1) is 0 Å². The number of methoxy groups -OCH3 is 1. The van der Waals surface area contributed by atoms with Crippen molar-refractivity contribution in [3.8, 4) is 11.5 Å². The molecule has 1 aromatic carbocycles. The average molecular weight is 265 g/mol. The highest BCUT2D eigenvalue weighted by Crippen LogP contribution is 2.28. The van der Waals surface area contributed by atoms with Crippen LogP contribution in [0.15, 0.2) is 18.2 Å². The zero-order chi connectivity index (χ0) is 13.5. The Morgan fingerprint density at radius 3 is 2.95 bits per heavy atom. The number of nitrogens with one attached hydrogen (secondary N) is 1. The fraction of sp³-hybridized carbons (Fsp3) is 0.600. The van der Waals surface area contributed by atoms with E-state index in [9.17, 15) is 0 Å². The predicted octanol–water partition coefficient (Wildman–Crippen LogP) is 2.36. The van der Waals surface area contributed by atoms with Crippen LogP contribution < -0.4 is 14.8 Å². The van der Waals surface area contributed by atoms with Crippen molar-refractivity contribution in [2.45, 2.75) is 31.9 Å². The number of hydrogen-bond donors (Lipinski definition) is 1. The van der Waals surface area contributed by atoms with Crippen molar-refractivity contribution in [2.75, 3.05) is 27.4 Å². The lowest BCUT2D eigenvalue weighted by Gasteiger charge is -2.14. The summed E-state index contributed by atoms with van der Waals surface area (Å²) in [4.78, 5) is 0. The maximum atomic E-state index is 5.84. The fourth-order valence-electron chi connectivity index (χ4n) is 2.32. The minimum Gasteiger partial charge on any atom is -0.493 e. The summed E-state index contributed by atoms with van der Waals surface area (Å²) in [5, 5.41) is 3.13. The molecule has 106 valence electrons. The SMILES string of the molecule is CNCc1ccc(OC)c(OCCC2CCCO2)c1. The molecule has 2 rings (SSSR count). The third-order valence-electron chi connectivity index (χ3n) is 3.33. The molecule has 0 bridgehead atoms. The highest BCUT2D eigenvalue weighted by molar-refractivity contribution is 5.42. The summed E-state index contributed by atoms with van der Waals surface area (Å²) in [6, 6.07) is 6.03. The first-order valence-electron chi connectivity index (χ1n) is 6.89. The van der Waals surface area contributed by atoms with E-state index >= 15 is 0 Å². The molecule has 0 spiro atoms. The van der Waals surface area contributed by atoms with E-state index in [-0.39, 0.29) is 0 Å². The largest absolute Gasteiger partial charge is 0.493 e. The number of rotatable bonds is 7. The molecule has 0 aliphatic carbocycles. The second-order valence-electron chi connectivity index (χ2n) is 4.79. The lowest BCUT2D eigenvalue weighted by Crippen LogP contribution is -2.11. The Labute approximate surface area is 115 Å². The van der Waals surface area contributed by atoms with Crippen molar-refractivity contribution in [1.82, 2.24) is 5.32 Å². The van der Waals surface area contributed by atoms with Gasteiger partial charge >= 0.3 is 0 Å². The molecular weight excluding hydrogens is 242 g/mol. The Morgan fingerprint density at radius 1 is 1.37 bits per heavy atom. The second kappa shape index (κ2) is 7.36. The van der Waals surface area contributed by atoms with E-state index < -0.39 is 0 Å². The van der Waals surface area contributed by atoms with Gasteiger partial charge in [0.2, 0.25) is 0 Å². The van der Waals surface area contributed by atoms with Gasteiger partial charge in [0.05, 0.1) is 19.8 Å². The van der Waals surface area contributed by atoms with Crippen LogP contribution >= 0.6 is 0 Å². The Kier molecular flexibility index (Phi) is 5.48. The summed E-state index contributed by atoms with van der Waals surface area (Å²) in [7, 11) is 3.60. The van der Waals surface area contributed by atoms with Gasteiger partial charge in [-0.05, 0) is 37.6 Å². The number of hydrogen-bond acceptors (Lipinski definition) is 4. The molecule has 4 nitrogen and oxygen atoms in total. The van der Waals surface area contributed by atoms with Crippen molar-refractivity contribution >= 4 is 0 Å². The molecule has 1 heterocycles. The van der Waals surface area contributed by atoms with E-state index in [1.165, 1.54) is 12.0 Å². The van der Waals surface area contributed by atoms with Gasteiger partial charge in [0, 0.05) is 19.6 Å². The van der Waals surface area contributed by atoms with Crippen molar-refractivity contribution in [3.63, 3.8) is 0 Å². The van der Waals surface area contributed by atoms with Crippen LogP contribution in [0.5, 0.6) is 11.5 Å². The average Bonchev–Trinajstić information content (AvgIpc) is 2.93. The molecule has 1 aromatic rings. The van der Waals surface area contributed by atoms with Gasteiger partial charge in [0.25, 0.3) is 0 Å². The monoisotopic (exact) mass is 265 g/mol. The summed E-state index contributed by atoms with van der Waals surface area (Å²) in [5.41, 5.74) is 1.19. The molecule has 1 atom stereocenters. The zero-order valence-electron chi connectivity index (χ0n) is 11.8. The first-order valence-corrected chi connectivity index (χ1v) is 6.89. The highest BCUT2D eigenvalue weighted by Gasteiger charge is 2.15. The molecule has 1 aliphatic rings. The van der Waals surface area contributed by atoms with Crippen LogP contribution in [0, 0.1) is 0 Å². The van der Waals surface area contributed by atoms with E-state index in [1.807, 2.05) is 25.2 Å². The standard InChI is InChI=1S/C15H23NO3/c1-16-11-12-5-6-14(17-2)15(10-12)19-9-7-13-4-3-8-18-13/h5-6,10,13,16H,3-4,7-9,11H2,1-2H3. The third kappa shape index (κ3) is 4.11. The normalized spacial score (nSPS) is 18.5. The molecule has 1 N–H and O–H groups in total. The fourth-order valence-corrected chi connectivity index (χ4v) is 2.32. The Balaban J connectivity index is 1.90. The van der Waals surface area contributed by atoms with Crippen LogP contribution in [0.4, 0.5) is 0 Å². The van der Waals surface area contributed by atoms with Crippen LogP contribution in [0.2, 0.25) is 0 Å². The van der Waals surface area contributed by atoms with Gasteiger partial charge in [-0.25, -0.2) is 0 Å². The summed E-state index contributed by atoms with van der Waals surface area (Å²) in [6.07, 6.45) is 3.64. The minimum atomic E-state index is 0.367. The van der Waals surface area contributed by atoms with E-state index in [0.717, 1.165) is 37.5 Å². The quantitative estimate of drug-likeness (QED) is 0.821. The van der Waals surface area contributed by atoms with Crippen LogP contribution in [-0.4, -0.2) is 33.5 Å². The smallest absolute Gasteiger partial charge is 0.161 e. The summed E-state index contributed by atoms with van der Waals surface area (Å²) in [5.74, 6) is 1.60. The van der Waals surface area contributed by atoms with Crippen molar-refractivity contribution in [2.24, 2.45) is 0 Å². The molecule has 1 fully saturated rings. The van der Waals surface area contributed by atoms with E-state index in [2.05, 4.69) is 5.32 Å². The first kappa shape index (κ1) is 14.2. The highest BCUT2D eigenvalue weighted by atomic mass is 16.5. The molecular formula is C15H23NO3. The van der Waals surface area contributed by atoms with Crippen molar-refractivity contribution in [3.05, 3.63) is 23.8 Å². The van der Waals surface area contributed by atoms with Gasteiger partial charge < -0.3 is 19.5 Å². The maximum absolute atomic E-state index is 5.84. The molecule has 1 aliphatic heterocycles. The van der Waals surface area contributed by atoms with Crippen LogP contribution in [0.3, 0.4) is 0 Å². The summed E-state index contributed by atoms with van der Waals surface area (Å²) in [6.45, 7) is 2.39. The van der Waals surface area contributed by atoms with Crippen molar-refractivity contribution in [1.29, 1.82) is 0 Å². The second-order valence-corrected chi connectivity index (χ2v) is 4.79. The third-order valence-corrected chi connectivity index (χ3v) is 3.33. The van der Waals surface area contributed by atoms with Gasteiger partial charge in [0.15, 0.2) is 11.5 Å². The first-order chi connectivity index (χ1) is 9.33. The van der Waals surface area contributed by atoms with Gasteiger partial charge in [-0.3, -0.25) is 0 Å². The van der Waals surface area contributed by atoms with Crippen LogP contribution in [0.25, 0.3) is 0 Å². The molecule has 1 saturated heterocycles. The number of ether oxygens (including phenoxy) is 3. The van der Waals surface area contributed by atoms with Crippen molar-refractivity contribution < 1.29 is 14.2 Å². The van der Waals surface area contributed by atoms with Crippen LogP contribution in [0.1, 0.15) is 24.8 Å². The number of benzene rings is 1.